The molecule has 1 amide bonds. The van der Waals surface area contributed by atoms with Crippen molar-refractivity contribution >= 4 is 11.9 Å². The number of nitrogens with one attached hydrogen (secondary N) is 2. The number of hydrogen-bond donors (Lipinski definition) is 3. The second kappa shape index (κ2) is 6.76. The maximum absolute atomic E-state index is 11.5. The molecule has 98 valence electrons. The lowest BCUT2D eigenvalue weighted by molar-refractivity contribution is -0.122. The summed E-state index contributed by atoms with van der Waals surface area (Å²) in [6.45, 7) is 4.52. The van der Waals surface area contributed by atoms with Crippen LogP contribution < -0.4 is 10.6 Å². The summed E-state index contributed by atoms with van der Waals surface area (Å²) in [4.78, 5) is 22.5. The second-order valence-corrected chi connectivity index (χ2v) is 3.96. The van der Waals surface area contributed by atoms with E-state index in [4.69, 9.17) is 5.11 Å². The number of carboxylic acid groups (broad SMARTS) is 1. The number of amides is 1. The van der Waals surface area contributed by atoms with E-state index in [1.807, 2.05) is 6.92 Å². The largest absolute Gasteiger partial charge is 0.478 e. The van der Waals surface area contributed by atoms with Gasteiger partial charge < -0.3 is 15.7 Å². The summed E-state index contributed by atoms with van der Waals surface area (Å²) >= 11 is 0. The summed E-state index contributed by atoms with van der Waals surface area (Å²) < 4.78 is 0. The van der Waals surface area contributed by atoms with E-state index < -0.39 is 5.97 Å². The van der Waals surface area contributed by atoms with Gasteiger partial charge in [-0.15, -0.1) is 0 Å². The number of carboxylic acids is 1. The second-order valence-electron chi connectivity index (χ2n) is 3.96. The van der Waals surface area contributed by atoms with E-state index in [9.17, 15) is 9.59 Å². The molecule has 0 aromatic heterocycles. The fourth-order valence-electron chi connectivity index (χ4n) is 1.57. The normalized spacial score (nSPS) is 11.9. The van der Waals surface area contributed by atoms with Gasteiger partial charge in [0, 0.05) is 13.1 Å². The third-order valence-electron chi connectivity index (χ3n) is 2.59. The monoisotopic (exact) mass is 250 g/mol. The number of likely N-dealkylation sites (N-methyl/N-ethyl adjacent to an activating group) is 1. The topological polar surface area (TPSA) is 78.4 Å². The van der Waals surface area contributed by atoms with Crippen LogP contribution in [0.1, 0.15) is 29.8 Å². The first-order valence-electron chi connectivity index (χ1n) is 5.88. The van der Waals surface area contributed by atoms with Gasteiger partial charge in [-0.05, 0) is 25.5 Å². The number of carbonyl (C=O) groups is 2. The van der Waals surface area contributed by atoms with Crippen molar-refractivity contribution in [2.45, 2.75) is 26.4 Å². The molecule has 5 nitrogen and oxygen atoms in total. The van der Waals surface area contributed by atoms with Crippen molar-refractivity contribution in [3.8, 4) is 0 Å². The molecule has 0 aliphatic rings. The molecule has 0 saturated heterocycles. The smallest absolute Gasteiger partial charge is 0.336 e. The summed E-state index contributed by atoms with van der Waals surface area (Å²) in [5, 5.41) is 14.7. The molecule has 0 heterocycles. The van der Waals surface area contributed by atoms with Gasteiger partial charge in [0.2, 0.25) is 5.91 Å². The molecule has 3 N–H and O–H groups in total. The van der Waals surface area contributed by atoms with E-state index in [-0.39, 0.29) is 17.5 Å². The van der Waals surface area contributed by atoms with Crippen molar-refractivity contribution in [2.75, 3.05) is 6.54 Å². The number of benzene rings is 1. The van der Waals surface area contributed by atoms with E-state index in [0.717, 1.165) is 0 Å². The molecule has 5 heteroatoms. The van der Waals surface area contributed by atoms with Crippen LogP contribution in [0.4, 0.5) is 0 Å². The molecule has 1 aromatic rings. The predicted molar refractivity (Wildman–Crippen MR) is 68.4 cm³/mol. The van der Waals surface area contributed by atoms with Gasteiger partial charge in [0.25, 0.3) is 0 Å². The van der Waals surface area contributed by atoms with Gasteiger partial charge in [0.05, 0.1) is 11.6 Å². The molecule has 1 rings (SSSR count). The summed E-state index contributed by atoms with van der Waals surface area (Å²) in [6, 6.07) is 6.39. The van der Waals surface area contributed by atoms with Crippen LogP contribution in [0.2, 0.25) is 0 Å². The Morgan fingerprint density at radius 1 is 1.33 bits per heavy atom. The Hall–Kier alpha value is -1.88. The highest BCUT2D eigenvalue weighted by molar-refractivity contribution is 5.89. The molecule has 0 fully saturated rings. The highest BCUT2D eigenvalue weighted by atomic mass is 16.4. The standard InChI is InChI=1S/C13H18N2O3/c1-3-14-12(16)9(2)15-8-10-6-4-5-7-11(10)13(17)18/h4-7,9,15H,3,8H2,1-2H3,(H,14,16)(H,17,18). The maximum Gasteiger partial charge on any atom is 0.336 e. The number of carbonyl (C=O) groups excluding carboxylic acids is 1. The third-order valence-corrected chi connectivity index (χ3v) is 2.59. The first-order chi connectivity index (χ1) is 8.56. The number of hydrogen-bond acceptors (Lipinski definition) is 3. The van der Waals surface area contributed by atoms with Crippen LogP contribution in [0, 0.1) is 0 Å². The molecule has 0 spiro atoms. The average molecular weight is 250 g/mol. The summed E-state index contributed by atoms with van der Waals surface area (Å²) in [5.74, 6) is -1.05. The van der Waals surface area contributed by atoms with Crippen molar-refractivity contribution in [1.82, 2.24) is 10.6 Å². The Morgan fingerprint density at radius 3 is 2.61 bits per heavy atom. The molecule has 1 atom stereocenters. The van der Waals surface area contributed by atoms with E-state index in [1.165, 1.54) is 0 Å². The molecule has 1 aromatic carbocycles. The zero-order valence-electron chi connectivity index (χ0n) is 10.6. The van der Waals surface area contributed by atoms with Crippen molar-refractivity contribution in [3.05, 3.63) is 35.4 Å². The number of aromatic carboxylic acids is 1. The highest BCUT2D eigenvalue weighted by Gasteiger charge is 2.13. The fraction of sp³-hybridized carbons (Fsp3) is 0.385. The Kier molecular flexibility index (Phi) is 5.32. The van der Waals surface area contributed by atoms with Crippen molar-refractivity contribution in [1.29, 1.82) is 0 Å². The highest BCUT2D eigenvalue weighted by Crippen LogP contribution is 2.08. The minimum Gasteiger partial charge on any atom is -0.478 e. The lowest BCUT2D eigenvalue weighted by Gasteiger charge is -2.14. The molecule has 0 radical (unpaired) electrons. The zero-order valence-corrected chi connectivity index (χ0v) is 10.6. The zero-order chi connectivity index (χ0) is 13.5. The van der Waals surface area contributed by atoms with Crippen molar-refractivity contribution < 1.29 is 14.7 Å². The van der Waals surface area contributed by atoms with Crippen molar-refractivity contribution in [2.24, 2.45) is 0 Å². The predicted octanol–water partition coefficient (Wildman–Crippen LogP) is 0.999. The van der Waals surface area contributed by atoms with Crippen LogP contribution in [0.3, 0.4) is 0 Å². The van der Waals surface area contributed by atoms with Gasteiger partial charge >= 0.3 is 5.97 Å². The van der Waals surface area contributed by atoms with E-state index in [1.54, 1.807) is 31.2 Å². The van der Waals surface area contributed by atoms with Crippen LogP contribution >= 0.6 is 0 Å². The van der Waals surface area contributed by atoms with E-state index >= 15 is 0 Å². The minimum absolute atomic E-state index is 0.0923. The Labute approximate surface area is 106 Å². The van der Waals surface area contributed by atoms with E-state index in [2.05, 4.69) is 10.6 Å². The molecular weight excluding hydrogens is 232 g/mol. The van der Waals surface area contributed by atoms with Gasteiger partial charge in [-0.3, -0.25) is 4.79 Å². The first-order valence-corrected chi connectivity index (χ1v) is 5.88. The average Bonchev–Trinajstić information content (AvgIpc) is 2.36. The third kappa shape index (κ3) is 3.85. The van der Waals surface area contributed by atoms with Gasteiger partial charge in [-0.1, -0.05) is 18.2 Å². The van der Waals surface area contributed by atoms with Crippen LogP contribution in [0.25, 0.3) is 0 Å². The van der Waals surface area contributed by atoms with Crippen LogP contribution in [-0.2, 0) is 11.3 Å². The lowest BCUT2D eigenvalue weighted by Crippen LogP contribution is -2.41. The summed E-state index contributed by atoms with van der Waals surface area (Å²) in [5.41, 5.74) is 0.925. The van der Waals surface area contributed by atoms with Crippen LogP contribution in [0.15, 0.2) is 24.3 Å². The maximum atomic E-state index is 11.5. The first kappa shape index (κ1) is 14.2. The molecular formula is C13H18N2O3. The van der Waals surface area contributed by atoms with Gasteiger partial charge in [-0.25, -0.2) is 4.79 Å². The SMILES string of the molecule is CCNC(=O)C(C)NCc1ccccc1C(=O)O. The lowest BCUT2D eigenvalue weighted by atomic mass is 10.1. The quantitative estimate of drug-likeness (QED) is 0.703. The van der Waals surface area contributed by atoms with Crippen molar-refractivity contribution in [3.63, 3.8) is 0 Å². The van der Waals surface area contributed by atoms with Gasteiger partial charge in [-0.2, -0.15) is 0 Å². The van der Waals surface area contributed by atoms with Crippen LogP contribution in [-0.4, -0.2) is 29.6 Å². The van der Waals surface area contributed by atoms with Gasteiger partial charge in [0.1, 0.15) is 0 Å². The summed E-state index contributed by atoms with van der Waals surface area (Å²) in [7, 11) is 0. The molecule has 0 aliphatic carbocycles. The van der Waals surface area contributed by atoms with Gasteiger partial charge in [0.15, 0.2) is 0 Å². The summed E-state index contributed by atoms with van der Waals surface area (Å²) in [6.07, 6.45) is 0. The fourth-order valence-corrected chi connectivity index (χ4v) is 1.57. The Balaban J connectivity index is 2.63. The molecule has 0 saturated carbocycles. The molecule has 0 bridgehead atoms. The van der Waals surface area contributed by atoms with Crippen LogP contribution in [0.5, 0.6) is 0 Å². The molecule has 18 heavy (non-hydrogen) atoms. The Morgan fingerprint density at radius 2 is 2.00 bits per heavy atom. The van der Waals surface area contributed by atoms with E-state index in [0.29, 0.717) is 18.7 Å². The Bertz CT molecular complexity index is 432. The minimum atomic E-state index is -0.960. The molecule has 0 aliphatic heterocycles. The number of rotatable bonds is 6. The molecule has 1 unspecified atom stereocenters.